The number of nitrogens with zero attached hydrogens (tertiary/aromatic N) is 2. The summed E-state index contributed by atoms with van der Waals surface area (Å²) in [7, 11) is 6.32. The Balaban J connectivity index is 2.04. The number of para-hydroxylation sites is 1. The van der Waals surface area contributed by atoms with E-state index in [-0.39, 0.29) is 5.66 Å². The van der Waals surface area contributed by atoms with E-state index in [9.17, 15) is 0 Å². The summed E-state index contributed by atoms with van der Waals surface area (Å²) >= 11 is 0. The average molecular weight is 368 g/mol. The van der Waals surface area contributed by atoms with Crippen molar-refractivity contribution in [2.45, 2.75) is 43.6 Å². The summed E-state index contributed by atoms with van der Waals surface area (Å²) in [5.74, 6) is 6.86. The molecule has 4 N–H and O–H groups in total. The Hall–Kier alpha value is -1.92. The van der Waals surface area contributed by atoms with E-state index in [1.165, 1.54) is 12.0 Å². The highest BCUT2D eigenvalue weighted by molar-refractivity contribution is 5.48. The maximum atomic E-state index is 6.86. The van der Waals surface area contributed by atoms with E-state index in [0.717, 1.165) is 31.5 Å². The zero-order valence-electron chi connectivity index (χ0n) is 16.8. The fraction of sp³-hybridized carbons (Fsp3) is 0.455. The summed E-state index contributed by atoms with van der Waals surface area (Å²) in [5, 5.41) is 9.46. The first-order chi connectivity index (χ1) is 13.1. The van der Waals surface area contributed by atoms with E-state index in [2.05, 4.69) is 72.1 Å². The van der Waals surface area contributed by atoms with Crippen molar-refractivity contribution >= 4 is 5.69 Å². The molecule has 0 aliphatic heterocycles. The van der Waals surface area contributed by atoms with Gasteiger partial charge in [-0.25, -0.2) is 5.84 Å². The Kier molecular flexibility index (Phi) is 6.17. The van der Waals surface area contributed by atoms with Crippen molar-refractivity contribution in [1.82, 2.24) is 15.5 Å². The first-order valence-electron chi connectivity index (χ1n) is 9.81. The van der Waals surface area contributed by atoms with Crippen LogP contribution in [0.1, 0.15) is 31.2 Å². The Bertz CT molecular complexity index is 705. The number of nitrogens with two attached hydrogens (primary N) is 1. The molecule has 0 amide bonds. The summed E-state index contributed by atoms with van der Waals surface area (Å²) in [6.07, 6.45) is 4.30. The third-order valence-corrected chi connectivity index (χ3v) is 6.06. The maximum absolute atomic E-state index is 6.86. The molecular weight excluding hydrogens is 334 g/mol. The van der Waals surface area contributed by atoms with Gasteiger partial charge in [0.1, 0.15) is 11.3 Å². The quantitative estimate of drug-likeness (QED) is 0.399. The SMILES string of the molecule is CNC1(N(C)C)CCCCC1(NCc1ccccc1)N(N)c1ccccc1. The Labute approximate surface area is 163 Å². The zero-order valence-corrected chi connectivity index (χ0v) is 16.8. The van der Waals surface area contributed by atoms with Crippen LogP contribution in [0, 0.1) is 0 Å². The third-order valence-electron chi connectivity index (χ3n) is 6.06. The van der Waals surface area contributed by atoms with Gasteiger partial charge >= 0.3 is 0 Å². The molecule has 146 valence electrons. The summed E-state index contributed by atoms with van der Waals surface area (Å²) in [6.45, 7) is 0.763. The first-order valence-corrected chi connectivity index (χ1v) is 9.81. The second-order valence-electron chi connectivity index (χ2n) is 7.62. The fourth-order valence-corrected chi connectivity index (χ4v) is 4.62. The number of hydrogen-bond donors (Lipinski definition) is 3. The van der Waals surface area contributed by atoms with Gasteiger partial charge in [-0.3, -0.25) is 20.5 Å². The molecule has 0 aromatic heterocycles. The van der Waals surface area contributed by atoms with Crippen LogP contribution in [0.25, 0.3) is 0 Å². The molecule has 27 heavy (non-hydrogen) atoms. The third kappa shape index (κ3) is 3.60. The van der Waals surface area contributed by atoms with E-state index in [1.807, 2.05) is 30.3 Å². The van der Waals surface area contributed by atoms with Crippen molar-refractivity contribution in [1.29, 1.82) is 0 Å². The largest absolute Gasteiger partial charge is 0.299 e. The first kappa shape index (κ1) is 19.8. The fourth-order valence-electron chi connectivity index (χ4n) is 4.62. The lowest BCUT2D eigenvalue weighted by atomic mass is 9.76. The Morgan fingerprint density at radius 2 is 1.44 bits per heavy atom. The van der Waals surface area contributed by atoms with Gasteiger partial charge in [-0.2, -0.15) is 0 Å². The lowest BCUT2D eigenvalue weighted by molar-refractivity contribution is -0.0337. The van der Waals surface area contributed by atoms with Crippen molar-refractivity contribution in [3.8, 4) is 0 Å². The summed E-state index contributed by atoms with van der Waals surface area (Å²) in [4.78, 5) is 2.28. The van der Waals surface area contributed by atoms with Crippen LogP contribution in [0.2, 0.25) is 0 Å². The number of benzene rings is 2. The minimum atomic E-state index is -0.444. The minimum Gasteiger partial charge on any atom is -0.299 e. The lowest BCUT2D eigenvalue weighted by Crippen LogP contribution is -2.82. The maximum Gasteiger partial charge on any atom is 0.138 e. The standard InChI is InChI=1S/C22H33N5/c1-24-21(26(2)3)16-10-11-17-22(21,25-18-19-12-6-4-7-13-19)27(23)20-14-8-5-9-15-20/h4-9,12-15,24-25H,10-11,16-18,23H2,1-3H3. The number of hydrogen-bond acceptors (Lipinski definition) is 5. The Morgan fingerprint density at radius 1 is 0.889 bits per heavy atom. The molecule has 3 rings (SSSR count). The van der Waals surface area contributed by atoms with Crippen molar-refractivity contribution in [2.24, 2.45) is 5.84 Å². The van der Waals surface area contributed by atoms with E-state index in [1.54, 1.807) is 0 Å². The van der Waals surface area contributed by atoms with Gasteiger partial charge in [0.05, 0.1) is 5.69 Å². The number of rotatable bonds is 7. The topological polar surface area (TPSA) is 56.6 Å². The van der Waals surface area contributed by atoms with Crippen LogP contribution in [-0.4, -0.2) is 37.4 Å². The highest BCUT2D eigenvalue weighted by atomic mass is 15.6. The zero-order chi connectivity index (χ0) is 19.3. The monoisotopic (exact) mass is 367 g/mol. The van der Waals surface area contributed by atoms with E-state index < -0.39 is 5.66 Å². The highest BCUT2D eigenvalue weighted by Gasteiger charge is 2.56. The molecule has 0 bridgehead atoms. The molecule has 2 unspecified atom stereocenters. The molecule has 1 aliphatic carbocycles. The Morgan fingerprint density at radius 3 is 2.00 bits per heavy atom. The molecule has 5 heteroatoms. The predicted octanol–water partition coefficient (Wildman–Crippen LogP) is 2.90. The summed E-state index contributed by atoms with van der Waals surface area (Å²) in [6, 6.07) is 20.8. The molecule has 0 spiro atoms. The van der Waals surface area contributed by atoms with Crippen LogP contribution >= 0.6 is 0 Å². The molecule has 0 saturated heterocycles. The van der Waals surface area contributed by atoms with Crippen LogP contribution < -0.4 is 21.5 Å². The smallest absolute Gasteiger partial charge is 0.138 e. The minimum absolute atomic E-state index is 0.287. The average Bonchev–Trinajstić information content (AvgIpc) is 2.73. The van der Waals surface area contributed by atoms with Gasteiger partial charge in [-0.05, 0) is 64.5 Å². The van der Waals surface area contributed by atoms with Gasteiger partial charge in [-0.1, -0.05) is 48.5 Å². The van der Waals surface area contributed by atoms with Crippen molar-refractivity contribution < 1.29 is 0 Å². The van der Waals surface area contributed by atoms with E-state index in [0.29, 0.717) is 0 Å². The molecular formula is C22H33N5. The molecule has 0 heterocycles. The second kappa shape index (κ2) is 8.40. The predicted molar refractivity (Wildman–Crippen MR) is 113 cm³/mol. The molecule has 5 nitrogen and oxygen atoms in total. The van der Waals surface area contributed by atoms with Gasteiger partial charge in [0.2, 0.25) is 0 Å². The number of anilines is 1. The van der Waals surface area contributed by atoms with Crippen LogP contribution in [-0.2, 0) is 6.54 Å². The van der Waals surface area contributed by atoms with Crippen LogP contribution in [0.3, 0.4) is 0 Å². The van der Waals surface area contributed by atoms with E-state index >= 15 is 0 Å². The number of nitrogens with one attached hydrogen (secondary N) is 2. The van der Waals surface area contributed by atoms with Crippen LogP contribution in [0.15, 0.2) is 60.7 Å². The van der Waals surface area contributed by atoms with Crippen LogP contribution in [0.5, 0.6) is 0 Å². The van der Waals surface area contributed by atoms with Gasteiger partial charge in [0.25, 0.3) is 0 Å². The molecule has 1 aliphatic rings. The molecule has 2 aromatic rings. The van der Waals surface area contributed by atoms with Crippen LogP contribution in [0.4, 0.5) is 5.69 Å². The molecule has 1 saturated carbocycles. The summed E-state index contributed by atoms with van der Waals surface area (Å²) < 4.78 is 0. The van der Waals surface area contributed by atoms with Gasteiger partial charge < -0.3 is 0 Å². The van der Waals surface area contributed by atoms with Crippen molar-refractivity contribution in [3.63, 3.8) is 0 Å². The highest BCUT2D eigenvalue weighted by Crippen LogP contribution is 2.41. The molecule has 2 aromatic carbocycles. The molecule has 2 atom stereocenters. The van der Waals surface area contributed by atoms with Crippen molar-refractivity contribution in [3.05, 3.63) is 66.2 Å². The number of hydrazine groups is 1. The molecule has 0 radical (unpaired) electrons. The molecule has 1 fully saturated rings. The van der Waals surface area contributed by atoms with Gasteiger partial charge in [0.15, 0.2) is 0 Å². The normalized spacial score (nSPS) is 25.5. The second-order valence-corrected chi connectivity index (χ2v) is 7.62. The van der Waals surface area contributed by atoms with Crippen molar-refractivity contribution in [2.75, 3.05) is 26.2 Å². The van der Waals surface area contributed by atoms with E-state index in [4.69, 9.17) is 5.84 Å². The lowest BCUT2D eigenvalue weighted by Gasteiger charge is -2.60. The van der Waals surface area contributed by atoms with Gasteiger partial charge in [0, 0.05) is 6.54 Å². The summed E-state index contributed by atoms with van der Waals surface area (Å²) in [5.41, 5.74) is 1.54. The number of likely N-dealkylation sites (N-methyl/N-ethyl adjacent to an activating group) is 2. The van der Waals surface area contributed by atoms with Gasteiger partial charge in [-0.15, -0.1) is 0 Å².